The van der Waals surface area contributed by atoms with Gasteiger partial charge in [-0.15, -0.1) is 0 Å². The van der Waals surface area contributed by atoms with E-state index in [1.807, 2.05) is 25.1 Å². The number of carbonyl (C=O) groups excluding carboxylic acids is 1. The zero-order chi connectivity index (χ0) is 13.5. The molecule has 19 heavy (non-hydrogen) atoms. The van der Waals surface area contributed by atoms with Crippen LogP contribution in [0, 0.1) is 0 Å². The summed E-state index contributed by atoms with van der Waals surface area (Å²) in [6.45, 7) is 0.864. The molecule has 1 aliphatic carbocycles. The van der Waals surface area contributed by atoms with Gasteiger partial charge < -0.3 is 4.90 Å². The summed E-state index contributed by atoms with van der Waals surface area (Å²) >= 11 is 0. The molecular weight excluding hydrogens is 236 g/mol. The molecule has 0 saturated heterocycles. The van der Waals surface area contributed by atoms with E-state index in [1.54, 1.807) is 4.90 Å². The molecule has 0 bridgehead atoms. The molecule has 2 aliphatic rings. The van der Waals surface area contributed by atoms with E-state index >= 15 is 0 Å². The quantitative estimate of drug-likeness (QED) is 0.699. The molecule has 1 aromatic rings. The van der Waals surface area contributed by atoms with Crippen LogP contribution >= 0.6 is 0 Å². The normalized spacial score (nSPS) is 20.4. The van der Waals surface area contributed by atoms with Crippen molar-refractivity contribution in [1.29, 1.82) is 0 Å². The Labute approximate surface area is 115 Å². The van der Waals surface area contributed by atoms with Crippen LogP contribution in [0.3, 0.4) is 0 Å². The topological polar surface area (TPSA) is 23.6 Å². The Hall–Kier alpha value is -1.51. The third-order valence-corrected chi connectivity index (χ3v) is 4.65. The number of amides is 2. The van der Waals surface area contributed by atoms with Crippen molar-refractivity contribution < 1.29 is 4.79 Å². The molecule has 1 aliphatic heterocycles. The Morgan fingerprint density at radius 1 is 1.16 bits per heavy atom. The second kappa shape index (κ2) is 4.55. The number of urea groups is 1. The van der Waals surface area contributed by atoms with Gasteiger partial charge in [0.15, 0.2) is 0 Å². The van der Waals surface area contributed by atoms with E-state index in [9.17, 15) is 4.79 Å². The first kappa shape index (κ1) is 12.5. The standard InChI is InChI=1S/C16H22N2O/c1-17(2)15(19)18-12-16(10-6-3-7-11-16)13-8-4-5-9-14(13)18/h4-5,8-9H,3,6-7,10-12H2,1-2H3. The first-order valence-electron chi connectivity index (χ1n) is 7.22. The van der Waals surface area contributed by atoms with Gasteiger partial charge in [-0.2, -0.15) is 0 Å². The van der Waals surface area contributed by atoms with Crippen LogP contribution in [0.15, 0.2) is 24.3 Å². The molecule has 1 spiro atoms. The minimum Gasteiger partial charge on any atom is -0.330 e. The van der Waals surface area contributed by atoms with E-state index in [0.717, 1.165) is 12.2 Å². The molecule has 2 amide bonds. The van der Waals surface area contributed by atoms with E-state index < -0.39 is 0 Å². The zero-order valence-corrected chi connectivity index (χ0v) is 11.9. The molecule has 0 N–H and O–H groups in total. The zero-order valence-electron chi connectivity index (χ0n) is 11.9. The summed E-state index contributed by atoms with van der Waals surface area (Å²) in [7, 11) is 3.66. The summed E-state index contributed by atoms with van der Waals surface area (Å²) in [5, 5.41) is 0. The maximum absolute atomic E-state index is 12.4. The monoisotopic (exact) mass is 258 g/mol. The lowest BCUT2D eigenvalue weighted by Gasteiger charge is -2.34. The Morgan fingerprint density at radius 3 is 2.53 bits per heavy atom. The highest BCUT2D eigenvalue weighted by molar-refractivity contribution is 5.94. The molecule has 3 rings (SSSR count). The van der Waals surface area contributed by atoms with E-state index in [2.05, 4.69) is 18.2 Å². The van der Waals surface area contributed by atoms with E-state index in [-0.39, 0.29) is 11.4 Å². The van der Waals surface area contributed by atoms with Crippen LogP contribution in [0.2, 0.25) is 0 Å². The minimum atomic E-state index is 0.106. The smallest absolute Gasteiger partial charge is 0.323 e. The molecular formula is C16H22N2O. The fourth-order valence-electron chi connectivity index (χ4n) is 3.70. The molecule has 1 aromatic carbocycles. The van der Waals surface area contributed by atoms with E-state index in [0.29, 0.717) is 0 Å². The van der Waals surface area contributed by atoms with Crippen LogP contribution in [-0.4, -0.2) is 31.6 Å². The predicted octanol–water partition coefficient (Wildman–Crippen LogP) is 3.39. The summed E-state index contributed by atoms with van der Waals surface area (Å²) in [4.78, 5) is 16.0. The first-order valence-corrected chi connectivity index (χ1v) is 7.22. The van der Waals surface area contributed by atoms with Crippen LogP contribution in [0.1, 0.15) is 37.7 Å². The number of rotatable bonds is 0. The Morgan fingerprint density at radius 2 is 1.84 bits per heavy atom. The Kier molecular flexibility index (Phi) is 3.00. The van der Waals surface area contributed by atoms with Crippen molar-refractivity contribution in [3.8, 4) is 0 Å². The van der Waals surface area contributed by atoms with E-state index in [1.165, 1.54) is 37.7 Å². The van der Waals surface area contributed by atoms with Crippen molar-refractivity contribution in [2.75, 3.05) is 25.5 Å². The highest BCUT2D eigenvalue weighted by atomic mass is 16.2. The van der Waals surface area contributed by atoms with Crippen LogP contribution in [0.5, 0.6) is 0 Å². The number of para-hydroxylation sites is 1. The molecule has 1 saturated carbocycles. The van der Waals surface area contributed by atoms with Crippen molar-refractivity contribution in [3.05, 3.63) is 29.8 Å². The average molecular weight is 258 g/mol. The van der Waals surface area contributed by atoms with Crippen molar-refractivity contribution in [3.63, 3.8) is 0 Å². The highest BCUT2D eigenvalue weighted by Crippen LogP contribution is 2.49. The summed E-state index contributed by atoms with van der Waals surface area (Å²) in [5.41, 5.74) is 2.74. The fraction of sp³-hybridized carbons (Fsp3) is 0.562. The summed E-state index contributed by atoms with van der Waals surface area (Å²) < 4.78 is 0. The van der Waals surface area contributed by atoms with Crippen molar-refractivity contribution in [2.24, 2.45) is 0 Å². The van der Waals surface area contributed by atoms with Crippen LogP contribution in [0.4, 0.5) is 10.5 Å². The molecule has 0 unspecified atom stereocenters. The fourth-order valence-corrected chi connectivity index (χ4v) is 3.70. The molecule has 3 nitrogen and oxygen atoms in total. The van der Waals surface area contributed by atoms with E-state index in [4.69, 9.17) is 0 Å². The maximum atomic E-state index is 12.4. The second-order valence-corrected chi connectivity index (χ2v) is 6.12. The largest absolute Gasteiger partial charge is 0.330 e. The highest BCUT2D eigenvalue weighted by Gasteiger charge is 2.45. The minimum absolute atomic E-state index is 0.106. The van der Waals surface area contributed by atoms with Gasteiger partial charge in [0.1, 0.15) is 0 Å². The van der Waals surface area contributed by atoms with Gasteiger partial charge in [0.2, 0.25) is 0 Å². The molecule has 1 heterocycles. The molecule has 0 radical (unpaired) electrons. The van der Waals surface area contributed by atoms with Gasteiger partial charge in [0.05, 0.1) is 0 Å². The lowest BCUT2D eigenvalue weighted by molar-refractivity contribution is 0.221. The summed E-state index contributed by atoms with van der Waals surface area (Å²) in [6.07, 6.45) is 6.37. The molecule has 0 aromatic heterocycles. The molecule has 0 atom stereocenters. The second-order valence-electron chi connectivity index (χ2n) is 6.12. The number of fused-ring (bicyclic) bond motifs is 2. The van der Waals surface area contributed by atoms with Gasteiger partial charge in [0, 0.05) is 31.7 Å². The summed E-state index contributed by atoms with van der Waals surface area (Å²) in [5.74, 6) is 0. The van der Waals surface area contributed by atoms with Gasteiger partial charge >= 0.3 is 6.03 Å². The predicted molar refractivity (Wildman–Crippen MR) is 77.6 cm³/mol. The summed E-state index contributed by atoms with van der Waals surface area (Å²) in [6, 6.07) is 8.58. The third kappa shape index (κ3) is 1.92. The Balaban J connectivity index is 2.02. The number of benzene rings is 1. The van der Waals surface area contributed by atoms with Gasteiger partial charge in [-0.25, -0.2) is 4.79 Å². The number of anilines is 1. The SMILES string of the molecule is CN(C)C(=O)N1CC2(CCCCC2)c2ccccc21. The Bertz CT molecular complexity index is 489. The van der Waals surface area contributed by atoms with Crippen LogP contribution in [0.25, 0.3) is 0 Å². The van der Waals surface area contributed by atoms with Gasteiger partial charge in [-0.1, -0.05) is 37.5 Å². The molecule has 102 valence electrons. The van der Waals surface area contributed by atoms with Crippen molar-refractivity contribution in [2.45, 2.75) is 37.5 Å². The van der Waals surface area contributed by atoms with Crippen molar-refractivity contribution in [1.82, 2.24) is 4.90 Å². The lowest BCUT2D eigenvalue weighted by atomic mass is 9.71. The third-order valence-electron chi connectivity index (χ3n) is 4.65. The maximum Gasteiger partial charge on any atom is 0.323 e. The van der Waals surface area contributed by atoms with Crippen molar-refractivity contribution >= 4 is 11.7 Å². The number of hydrogen-bond acceptors (Lipinski definition) is 1. The average Bonchev–Trinajstić information content (AvgIpc) is 2.74. The molecule has 3 heteroatoms. The molecule has 1 fully saturated rings. The van der Waals surface area contributed by atoms with Gasteiger partial charge in [-0.3, -0.25) is 4.90 Å². The number of nitrogens with zero attached hydrogens (tertiary/aromatic N) is 2. The van der Waals surface area contributed by atoms with Crippen LogP contribution in [-0.2, 0) is 5.41 Å². The lowest BCUT2D eigenvalue weighted by Crippen LogP contribution is -2.42. The number of carbonyl (C=O) groups is 1. The first-order chi connectivity index (χ1) is 9.14. The number of hydrogen-bond donors (Lipinski definition) is 0. The van der Waals surface area contributed by atoms with Crippen LogP contribution < -0.4 is 4.90 Å². The van der Waals surface area contributed by atoms with Gasteiger partial charge in [-0.05, 0) is 24.5 Å². The van der Waals surface area contributed by atoms with Gasteiger partial charge in [0.25, 0.3) is 0 Å².